The fourth-order valence-corrected chi connectivity index (χ4v) is 2.23. The first-order chi connectivity index (χ1) is 8.79. The minimum absolute atomic E-state index is 0.188. The fourth-order valence-electron chi connectivity index (χ4n) is 2.23. The van der Waals surface area contributed by atoms with E-state index in [4.69, 9.17) is 4.74 Å². The number of hydrogen-bond donors (Lipinski definition) is 1. The molecule has 0 heterocycles. The van der Waals surface area contributed by atoms with Crippen LogP contribution in [0.1, 0.15) is 51.2 Å². The molecule has 0 bridgehead atoms. The van der Waals surface area contributed by atoms with Gasteiger partial charge < -0.3 is 10.1 Å². The average Bonchev–Trinajstić information content (AvgIpc) is 3.20. The average molecular weight is 247 g/mol. The summed E-state index contributed by atoms with van der Waals surface area (Å²) in [5.74, 6) is 0. The van der Waals surface area contributed by atoms with E-state index in [1.54, 1.807) is 0 Å². The van der Waals surface area contributed by atoms with Crippen LogP contribution in [0.3, 0.4) is 0 Å². The van der Waals surface area contributed by atoms with Gasteiger partial charge in [0.05, 0.1) is 12.2 Å². The third kappa shape index (κ3) is 4.43. The Labute approximate surface area is 111 Å². The van der Waals surface area contributed by atoms with Crippen LogP contribution in [0.4, 0.5) is 0 Å². The summed E-state index contributed by atoms with van der Waals surface area (Å²) in [4.78, 5) is 0. The highest BCUT2D eigenvalue weighted by Crippen LogP contribution is 2.23. The molecule has 1 aliphatic rings. The van der Waals surface area contributed by atoms with Crippen molar-refractivity contribution >= 4 is 0 Å². The molecule has 0 radical (unpaired) electrons. The minimum Gasteiger partial charge on any atom is -0.369 e. The topological polar surface area (TPSA) is 21.3 Å². The van der Waals surface area contributed by atoms with Crippen LogP contribution in [-0.4, -0.2) is 18.7 Å². The third-order valence-electron chi connectivity index (χ3n) is 3.43. The van der Waals surface area contributed by atoms with Crippen LogP contribution >= 0.6 is 0 Å². The van der Waals surface area contributed by atoms with Gasteiger partial charge in [-0.05, 0) is 31.7 Å². The zero-order chi connectivity index (χ0) is 12.8. The van der Waals surface area contributed by atoms with Crippen molar-refractivity contribution in [3.05, 3.63) is 35.9 Å². The Hall–Kier alpha value is -0.860. The molecule has 2 heteroatoms. The van der Waals surface area contributed by atoms with Crippen molar-refractivity contribution in [2.75, 3.05) is 6.54 Å². The van der Waals surface area contributed by atoms with E-state index >= 15 is 0 Å². The van der Waals surface area contributed by atoms with Gasteiger partial charge in [-0.25, -0.2) is 0 Å². The lowest BCUT2D eigenvalue weighted by molar-refractivity contribution is -0.00740. The first-order valence-electron chi connectivity index (χ1n) is 7.23. The molecule has 1 aromatic rings. The summed E-state index contributed by atoms with van der Waals surface area (Å²) >= 11 is 0. The largest absolute Gasteiger partial charge is 0.369 e. The maximum atomic E-state index is 6.19. The maximum absolute atomic E-state index is 6.19. The first-order valence-corrected chi connectivity index (χ1v) is 7.23. The third-order valence-corrected chi connectivity index (χ3v) is 3.43. The molecule has 1 aliphatic carbocycles. The number of hydrogen-bond acceptors (Lipinski definition) is 2. The van der Waals surface area contributed by atoms with E-state index in [1.807, 2.05) is 0 Å². The van der Waals surface area contributed by atoms with Gasteiger partial charge in [0, 0.05) is 12.6 Å². The highest BCUT2D eigenvalue weighted by atomic mass is 16.5. The monoisotopic (exact) mass is 247 g/mol. The molecular weight excluding hydrogens is 222 g/mol. The van der Waals surface area contributed by atoms with Crippen LogP contribution in [0.2, 0.25) is 0 Å². The summed E-state index contributed by atoms with van der Waals surface area (Å²) in [7, 11) is 0. The number of rotatable bonds is 8. The molecule has 2 atom stereocenters. The van der Waals surface area contributed by atoms with E-state index in [0.717, 1.165) is 19.0 Å². The number of ether oxygens (including phenoxy) is 1. The van der Waals surface area contributed by atoms with E-state index < -0.39 is 0 Å². The van der Waals surface area contributed by atoms with Crippen molar-refractivity contribution in [2.45, 2.75) is 57.8 Å². The molecule has 2 rings (SSSR count). The lowest BCUT2D eigenvalue weighted by Gasteiger charge is -2.23. The van der Waals surface area contributed by atoms with Gasteiger partial charge in [-0.3, -0.25) is 0 Å². The van der Waals surface area contributed by atoms with Crippen molar-refractivity contribution in [2.24, 2.45) is 0 Å². The molecule has 1 aromatic carbocycles. The van der Waals surface area contributed by atoms with Gasteiger partial charge in [0.1, 0.15) is 0 Å². The molecule has 1 saturated carbocycles. The zero-order valence-electron chi connectivity index (χ0n) is 11.6. The van der Waals surface area contributed by atoms with E-state index in [-0.39, 0.29) is 6.10 Å². The van der Waals surface area contributed by atoms with Crippen molar-refractivity contribution in [1.82, 2.24) is 5.32 Å². The standard InChI is InChI=1S/C16H25NO/c1-3-7-13(2)18-16(12-17-15-10-11-15)14-8-5-4-6-9-14/h4-6,8-9,13,15-17H,3,7,10-12H2,1-2H3. The van der Waals surface area contributed by atoms with Crippen LogP contribution in [0, 0.1) is 0 Å². The Morgan fingerprint density at radius 1 is 1.28 bits per heavy atom. The van der Waals surface area contributed by atoms with Gasteiger partial charge in [0.25, 0.3) is 0 Å². The zero-order valence-corrected chi connectivity index (χ0v) is 11.6. The van der Waals surface area contributed by atoms with Crippen molar-refractivity contribution in [3.63, 3.8) is 0 Å². The summed E-state index contributed by atoms with van der Waals surface area (Å²) in [6.45, 7) is 5.32. The molecule has 0 aromatic heterocycles. The molecule has 2 unspecified atom stereocenters. The fraction of sp³-hybridized carbons (Fsp3) is 0.625. The molecule has 2 nitrogen and oxygen atoms in total. The summed E-state index contributed by atoms with van der Waals surface area (Å²) in [5.41, 5.74) is 1.29. The normalized spacial score (nSPS) is 18.6. The van der Waals surface area contributed by atoms with Gasteiger partial charge in [-0.2, -0.15) is 0 Å². The Balaban J connectivity index is 1.92. The van der Waals surface area contributed by atoms with Crippen LogP contribution in [0.5, 0.6) is 0 Å². The van der Waals surface area contributed by atoms with Gasteiger partial charge in [-0.15, -0.1) is 0 Å². The minimum atomic E-state index is 0.188. The van der Waals surface area contributed by atoms with Crippen molar-refractivity contribution in [1.29, 1.82) is 0 Å². The van der Waals surface area contributed by atoms with E-state index in [1.165, 1.54) is 24.8 Å². The molecule has 1 N–H and O–H groups in total. The van der Waals surface area contributed by atoms with Crippen LogP contribution < -0.4 is 5.32 Å². The molecule has 1 fully saturated rings. The quantitative estimate of drug-likeness (QED) is 0.756. The van der Waals surface area contributed by atoms with Crippen molar-refractivity contribution < 1.29 is 4.74 Å². The van der Waals surface area contributed by atoms with Crippen molar-refractivity contribution in [3.8, 4) is 0 Å². The number of nitrogens with one attached hydrogen (secondary N) is 1. The second-order valence-electron chi connectivity index (χ2n) is 5.32. The predicted octanol–water partition coefficient (Wildman–Crippen LogP) is 3.68. The Bertz CT molecular complexity index is 334. The second kappa shape index (κ2) is 6.91. The molecule has 18 heavy (non-hydrogen) atoms. The SMILES string of the molecule is CCCC(C)OC(CNC1CC1)c1ccccc1. The summed E-state index contributed by atoms with van der Waals surface area (Å²) in [6, 6.07) is 11.3. The van der Waals surface area contributed by atoms with Gasteiger partial charge in [0.2, 0.25) is 0 Å². The Morgan fingerprint density at radius 3 is 2.61 bits per heavy atom. The maximum Gasteiger partial charge on any atom is 0.0952 e. The molecule has 100 valence electrons. The molecule has 0 amide bonds. The summed E-state index contributed by atoms with van der Waals surface area (Å²) in [5, 5.41) is 3.58. The molecular formula is C16H25NO. The first kappa shape index (κ1) is 13.6. The highest BCUT2D eigenvalue weighted by molar-refractivity contribution is 5.18. The van der Waals surface area contributed by atoms with E-state index in [0.29, 0.717) is 6.10 Å². The van der Waals surface area contributed by atoms with Crippen LogP contribution in [0.15, 0.2) is 30.3 Å². The molecule has 0 aliphatic heterocycles. The van der Waals surface area contributed by atoms with Gasteiger partial charge >= 0.3 is 0 Å². The van der Waals surface area contributed by atoms with Crippen LogP contribution in [0.25, 0.3) is 0 Å². The Kier molecular flexibility index (Phi) is 5.21. The Morgan fingerprint density at radius 2 is 2.00 bits per heavy atom. The molecule has 0 saturated heterocycles. The van der Waals surface area contributed by atoms with Gasteiger partial charge in [0.15, 0.2) is 0 Å². The van der Waals surface area contributed by atoms with Gasteiger partial charge in [-0.1, -0.05) is 43.7 Å². The lowest BCUT2D eigenvalue weighted by Crippen LogP contribution is -2.27. The van der Waals surface area contributed by atoms with E-state index in [9.17, 15) is 0 Å². The van der Waals surface area contributed by atoms with E-state index in [2.05, 4.69) is 49.5 Å². The second-order valence-corrected chi connectivity index (χ2v) is 5.32. The van der Waals surface area contributed by atoms with Crippen LogP contribution in [-0.2, 0) is 4.74 Å². The number of benzene rings is 1. The predicted molar refractivity (Wildman–Crippen MR) is 75.7 cm³/mol. The molecule has 0 spiro atoms. The lowest BCUT2D eigenvalue weighted by atomic mass is 10.1. The summed E-state index contributed by atoms with van der Waals surface area (Å²) < 4.78 is 6.19. The highest BCUT2D eigenvalue weighted by Gasteiger charge is 2.23. The smallest absolute Gasteiger partial charge is 0.0952 e. The summed E-state index contributed by atoms with van der Waals surface area (Å²) in [6.07, 6.45) is 5.48.